The van der Waals surface area contributed by atoms with Gasteiger partial charge in [0.25, 0.3) is 0 Å². The number of halogens is 1. The zero-order valence-corrected chi connectivity index (χ0v) is 13.8. The molecule has 1 aromatic rings. The average molecular weight is 376 g/mol. The van der Waals surface area contributed by atoms with Gasteiger partial charge in [-0.05, 0) is 61.3 Å². The number of rotatable bonds is 7. The Labute approximate surface area is 128 Å². The van der Waals surface area contributed by atoms with E-state index in [1.54, 1.807) is 0 Å². The topological polar surface area (TPSA) is 43.8 Å². The van der Waals surface area contributed by atoms with Gasteiger partial charge in [0.1, 0.15) is 0 Å². The quantitative estimate of drug-likeness (QED) is 0.742. The van der Waals surface area contributed by atoms with Crippen LogP contribution in [0.5, 0.6) is 0 Å². The molecule has 19 heavy (non-hydrogen) atoms. The third kappa shape index (κ3) is 5.88. The van der Waals surface area contributed by atoms with Crippen LogP contribution in [0.25, 0.3) is 0 Å². The van der Waals surface area contributed by atoms with E-state index >= 15 is 0 Å². The SMILES string of the molecule is CC(c1ccc(I)cc1)N(CCN(C)C)CC(=O)O. The van der Waals surface area contributed by atoms with Gasteiger partial charge in [0.15, 0.2) is 0 Å². The Hall–Kier alpha value is -0.660. The van der Waals surface area contributed by atoms with E-state index < -0.39 is 5.97 Å². The predicted octanol–water partition coefficient (Wildman–Crippen LogP) is 2.30. The van der Waals surface area contributed by atoms with Gasteiger partial charge in [0, 0.05) is 22.7 Å². The Balaban J connectivity index is 2.77. The second-order valence-electron chi connectivity index (χ2n) is 4.90. The standard InChI is InChI=1S/C14H21IN2O2/c1-11(12-4-6-13(15)7-5-12)17(10-14(18)19)9-8-16(2)3/h4-7,11H,8-10H2,1-3H3,(H,18,19). The third-order valence-corrected chi connectivity index (χ3v) is 3.79. The van der Waals surface area contributed by atoms with Crippen LogP contribution < -0.4 is 0 Å². The second kappa shape index (κ2) is 7.81. The number of carboxylic acids is 1. The van der Waals surface area contributed by atoms with Crippen LogP contribution in [0.15, 0.2) is 24.3 Å². The zero-order chi connectivity index (χ0) is 14.4. The lowest BCUT2D eigenvalue weighted by Gasteiger charge is -2.29. The fraction of sp³-hybridized carbons (Fsp3) is 0.500. The van der Waals surface area contributed by atoms with Crippen molar-refractivity contribution in [2.45, 2.75) is 13.0 Å². The van der Waals surface area contributed by atoms with E-state index in [4.69, 9.17) is 5.11 Å². The van der Waals surface area contributed by atoms with Gasteiger partial charge in [0.05, 0.1) is 6.54 Å². The first-order chi connectivity index (χ1) is 8.90. The summed E-state index contributed by atoms with van der Waals surface area (Å²) >= 11 is 2.27. The molecule has 1 atom stereocenters. The van der Waals surface area contributed by atoms with Gasteiger partial charge in [-0.25, -0.2) is 0 Å². The first-order valence-electron chi connectivity index (χ1n) is 6.26. The first-order valence-corrected chi connectivity index (χ1v) is 7.34. The van der Waals surface area contributed by atoms with Crippen LogP contribution in [0.3, 0.4) is 0 Å². The van der Waals surface area contributed by atoms with Gasteiger partial charge in [-0.1, -0.05) is 12.1 Å². The van der Waals surface area contributed by atoms with Crippen molar-refractivity contribution in [1.82, 2.24) is 9.80 Å². The predicted molar refractivity (Wildman–Crippen MR) is 85.3 cm³/mol. The maximum absolute atomic E-state index is 11.0. The molecular formula is C14H21IN2O2. The molecular weight excluding hydrogens is 355 g/mol. The highest BCUT2D eigenvalue weighted by molar-refractivity contribution is 14.1. The molecule has 0 spiro atoms. The van der Waals surface area contributed by atoms with Crippen molar-refractivity contribution in [3.8, 4) is 0 Å². The maximum atomic E-state index is 11.0. The van der Waals surface area contributed by atoms with Crippen LogP contribution in [0.1, 0.15) is 18.5 Å². The molecule has 5 heteroatoms. The molecule has 0 aliphatic heterocycles. The molecule has 0 saturated heterocycles. The van der Waals surface area contributed by atoms with Gasteiger partial charge >= 0.3 is 5.97 Å². The number of hydrogen-bond acceptors (Lipinski definition) is 3. The number of carboxylic acid groups (broad SMARTS) is 1. The number of benzene rings is 1. The Morgan fingerprint density at radius 3 is 2.32 bits per heavy atom. The lowest BCUT2D eigenvalue weighted by Crippen LogP contribution is -2.37. The van der Waals surface area contributed by atoms with E-state index in [9.17, 15) is 4.79 Å². The summed E-state index contributed by atoms with van der Waals surface area (Å²) in [5.41, 5.74) is 1.15. The Kier molecular flexibility index (Phi) is 6.74. The van der Waals surface area contributed by atoms with E-state index in [1.807, 2.05) is 19.0 Å². The lowest BCUT2D eigenvalue weighted by molar-refractivity contribution is -0.138. The number of nitrogens with zero attached hydrogens (tertiary/aromatic N) is 2. The summed E-state index contributed by atoms with van der Waals surface area (Å²) < 4.78 is 1.19. The summed E-state index contributed by atoms with van der Waals surface area (Å²) in [5, 5.41) is 9.03. The molecule has 0 aliphatic rings. The molecule has 4 nitrogen and oxygen atoms in total. The average Bonchev–Trinajstić information content (AvgIpc) is 2.34. The fourth-order valence-corrected chi connectivity index (χ4v) is 2.22. The zero-order valence-electron chi connectivity index (χ0n) is 11.6. The molecule has 0 bridgehead atoms. The molecule has 0 fully saturated rings. The van der Waals surface area contributed by atoms with E-state index in [2.05, 4.69) is 58.7 Å². The third-order valence-electron chi connectivity index (χ3n) is 3.07. The largest absolute Gasteiger partial charge is 0.480 e. The molecule has 1 aromatic carbocycles. The molecule has 0 amide bonds. The van der Waals surface area contributed by atoms with Crippen LogP contribution in [0, 0.1) is 3.57 Å². The van der Waals surface area contributed by atoms with Crippen molar-refractivity contribution in [2.24, 2.45) is 0 Å². The van der Waals surface area contributed by atoms with Crippen molar-refractivity contribution in [3.05, 3.63) is 33.4 Å². The molecule has 0 aromatic heterocycles. The van der Waals surface area contributed by atoms with Gasteiger partial charge < -0.3 is 10.0 Å². The fourth-order valence-electron chi connectivity index (χ4n) is 1.86. The molecule has 0 saturated carbocycles. The number of likely N-dealkylation sites (N-methyl/N-ethyl adjacent to an activating group) is 1. The summed E-state index contributed by atoms with van der Waals surface area (Å²) in [5.74, 6) is -0.781. The Morgan fingerprint density at radius 1 is 1.26 bits per heavy atom. The van der Waals surface area contributed by atoms with Crippen molar-refractivity contribution in [3.63, 3.8) is 0 Å². The number of hydrogen-bond donors (Lipinski definition) is 1. The number of carbonyl (C=O) groups is 1. The maximum Gasteiger partial charge on any atom is 0.317 e. The van der Waals surface area contributed by atoms with Crippen molar-refractivity contribution >= 4 is 28.6 Å². The van der Waals surface area contributed by atoms with Crippen molar-refractivity contribution in [2.75, 3.05) is 33.7 Å². The molecule has 0 aliphatic carbocycles. The Morgan fingerprint density at radius 2 is 1.84 bits per heavy atom. The summed E-state index contributed by atoms with van der Waals surface area (Å²) in [4.78, 5) is 15.0. The molecule has 1 rings (SSSR count). The van der Waals surface area contributed by atoms with E-state index in [0.29, 0.717) is 0 Å². The van der Waals surface area contributed by atoms with E-state index in [1.165, 1.54) is 3.57 Å². The van der Waals surface area contributed by atoms with E-state index in [0.717, 1.165) is 18.7 Å². The highest BCUT2D eigenvalue weighted by Crippen LogP contribution is 2.20. The summed E-state index contributed by atoms with van der Waals surface area (Å²) in [7, 11) is 3.99. The minimum atomic E-state index is -0.781. The highest BCUT2D eigenvalue weighted by Gasteiger charge is 2.18. The second-order valence-corrected chi connectivity index (χ2v) is 6.14. The van der Waals surface area contributed by atoms with Crippen LogP contribution >= 0.6 is 22.6 Å². The van der Waals surface area contributed by atoms with Gasteiger partial charge in [-0.3, -0.25) is 9.69 Å². The molecule has 1 unspecified atom stereocenters. The first kappa shape index (κ1) is 16.4. The van der Waals surface area contributed by atoms with Crippen molar-refractivity contribution < 1.29 is 9.90 Å². The molecule has 0 heterocycles. The minimum absolute atomic E-state index is 0.0704. The lowest BCUT2D eigenvalue weighted by atomic mass is 10.1. The molecule has 1 N–H and O–H groups in total. The minimum Gasteiger partial charge on any atom is -0.480 e. The van der Waals surface area contributed by atoms with E-state index in [-0.39, 0.29) is 12.6 Å². The normalized spacial score (nSPS) is 12.9. The van der Waals surface area contributed by atoms with Crippen LogP contribution in [0.4, 0.5) is 0 Å². The molecule has 106 valence electrons. The smallest absolute Gasteiger partial charge is 0.317 e. The van der Waals surface area contributed by atoms with Gasteiger partial charge in [-0.2, -0.15) is 0 Å². The summed E-state index contributed by atoms with van der Waals surface area (Å²) in [6, 6.07) is 8.34. The monoisotopic (exact) mass is 376 g/mol. The van der Waals surface area contributed by atoms with Crippen molar-refractivity contribution in [1.29, 1.82) is 0 Å². The Bertz CT molecular complexity index is 406. The van der Waals surface area contributed by atoms with Crippen LogP contribution in [-0.2, 0) is 4.79 Å². The number of aliphatic carboxylic acids is 1. The summed E-state index contributed by atoms with van der Waals surface area (Å²) in [6.07, 6.45) is 0. The molecule has 0 radical (unpaired) electrons. The van der Waals surface area contributed by atoms with Crippen LogP contribution in [0.2, 0.25) is 0 Å². The van der Waals surface area contributed by atoms with Gasteiger partial charge in [0.2, 0.25) is 0 Å². The van der Waals surface area contributed by atoms with Gasteiger partial charge in [-0.15, -0.1) is 0 Å². The summed E-state index contributed by atoms with van der Waals surface area (Å²) in [6.45, 7) is 3.72. The highest BCUT2D eigenvalue weighted by atomic mass is 127. The van der Waals surface area contributed by atoms with Crippen LogP contribution in [-0.4, -0.2) is 54.6 Å².